The maximum Gasteiger partial charge on any atom is 0.225 e. The molecule has 0 saturated carbocycles. The maximum atomic E-state index is 4.79. The molecule has 0 aliphatic carbocycles. The highest BCUT2D eigenvalue weighted by molar-refractivity contribution is 7.98. The highest BCUT2D eigenvalue weighted by Gasteiger charge is 2.21. The van der Waals surface area contributed by atoms with E-state index in [0.717, 1.165) is 42.8 Å². The van der Waals surface area contributed by atoms with Crippen molar-refractivity contribution in [3.63, 3.8) is 0 Å². The summed E-state index contributed by atoms with van der Waals surface area (Å²) < 4.78 is 1.26. The minimum Gasteiger partial charge on any atom is -0.345 e. The van der Waals surface area contributed by atoms with E-state index in [-0.39, 0.29) is 0 Å². The van der Waals surface area contributed by atoms with Crippen molar-refractivity contribution in [1.82, 2.24) is 15.0 Å². The molecule has 1 aromatic carbocycles. The first-order valence-electron chi connectivity index (χ1n) is 7.55. The van der Waals surface area contributed by atoms with Crippen molar-refractivity contribution in [2.75, 3.05) is 42.2 Å². The van der Waals surface area contributed by atoms with E-state index in [0.29, 0.717) is 0 Å². The Morgan fingerprint density at radius 2 is 1.78 bits per heavy atom. The van der Waals surface area contributed by atoms with Gasteiger partial charge < -0.3 is 9.80 Å². The molecule has 0 unspecified atom stereocenters. The first kappa shape index (κ1) is 14.7. The Labute approximate surface area is 143 Å². The second-order valence-corrected chi connectivity index (χ2v) is 7.24. The topological polar surface area (TPSA) is 45.2 Å². The van der Waals surface area contributed by atoms with Gasteiger partial charge in [-0.2, -0.15) is 0 Å². The van der Waals surface area contributed by atoms with E-state index in [1.165, 1.54) is 9.60 Å². The zero-order chi connectivity index (χ0) is 15.6. The summed E-state index contributed by atoms with van der Waals surface area (Å²) >= 11 is 3.55. The molecule has 23 heavy (non-hydrogen) atoms. The van der Waals surface area contributed by atoms with Crippen LogP contribution in [0.5, 0.6) is 0 Å². The summed E-state index contributed by atoms with van der Waals surface area (Å²) in [5.74, 6) is 0.820. The first-order chi connectivity index (χ1) is 11.3. The number of piperazine rings is 1. The van der Waals surface area contributed by atoms with E-state index in [4.69, 9.17) is 4.98 Å². The zero-order valence-corrected chi connectivity index (χ0v) is 14.5. The molecule has 0 atom stereocenters. The van der Waals surface area contributed by atoms with Gasteiger partial charge in [0, 0.05) is 43.5 Å². The van der Waals surface area contributed by atoms with Gasteiger partial charge in [-0.05, 0) is 30.5 Å². The molecular weight excluding hydrogens is 326 g/mol. The van der Waals surface area contributed by atoms with Crippen LogP contribution < -0.4 is 9.80 Å². The number of anilines is 2. The Morgan fingerprint density at radius 3 is 2.52 bits per heavy atom. The number of hydrogen-bond donors (Lipinski definition) is 0. The van der Waals surface area contributed by atoms with Crippen LogP contribution in [-0.2, 0) is 0 Å². The van der Waals surface area contributed by atoms with Gasteiger partial charge in [0.05, 0.1) is 10.2 Å². The molecule has 0 N–H and O–H groups in total. The van der Waals surface area contributed by atoms with Gasteiger partial charge in [0.1, 0.15) is 0 Å². The Balaban J connectivity index is 1.50. The van der Waals surface area contributed by atoms with Crippen LogP contribution in [-0.4, -0.2) is 47.4 Å². The molecule has 7 heteroatoms. The van der Waals surface area contributed by atoms with Crippen LogP contribution in [0, 0.1) is 0 Å². The third kappa shape index (κ3) is 2.98. The smallest absolute Gasteiger partial charge is 0.225 e. The second-order valence-electron chi connectivity index (χ2n) is 5.35. The summed E-state index contributed by atoms with van der Waals surface area (Å²) in [5, 5.41) is 1.12. The number of fused-ring (bicyclic) bond motifs is 1. The maximum absolute atomic E-state index is 4.79. The normalized spacial score (nSPS) is 15.3. The average Bonchev–Trinajstić information content (AvgIpc) is 3.05. The molecule has 2 aromatic heterocycles. The van der Waals surface area contributed by atoms with Crippen molar-refractivity contribution in [3.05, 3.63) is 36.7 Å². The lowest BCUT2D eigenvalue weighted by molar-refractivity contribution is 0.639. The molecule has 4 rings (SSSR count). The molecule has 0 bridgehead atoms. The second kappa shape index (κ2) is 6.33. The number of hydrogen-bond acceptors (Lipinski definition) is 7. The van der Waals surface area contributed by atoms with Crippen molar-refractivity contribution >= 4 is 44.4 Å². The van der Waals surface area contributed by atoms with E-state index in [9.17, 15) is 0 Å². The van der Waals surface area contributed by atoms with E-state index in [2.05, 4.69) is 44.2 Å². The lowest BCUT2D eigenvalue weighted by Crippen LogP contribution is -2.47. The minimum absolute atomic E-state index is 0.820. The van der Waals surface area contributed by atoms with Crippen LogP contribution in [0.4, 0.5) is 11.1 Å². The van der Waals surface area contributed by atoms with Gasteiger partial charge in [0.2, 0.25) is 5.95 Å². The van der Waals surface area contributed by atoms with E-state index >= 15 is 0 Å². The Bertz CT molecular complexity index is 797. The van der Waals surface area contributed by atoms with E-state index in [1.54, 1.807) is 35.5 Å². The lowest BCUT2D eigenvalue weighted by atomic mass is 10.3. The van der Waals surface area contributed by atoms with Gasteiger partial charge in [-0.15, -0.1) is 11.8 Å². The Morgan fingerprint density at radius 1 is 1.04 bits per heavy atom. The van der Waals surface area contributed by atoms with Crippen molar-refractivity contribution in [2.24, 2.45) is 0 Å². The molecule has 3 aromatic rings. The summed E-state index contributed by atoms with van der Waals surface area (Å²) in [6, 6.07) is 8.34. The predicted octanol–water partition coefficient (Wildman–Crippen LogP) is 3.13. The average molecular weight is 343 g/mol. The van der Waals surface area contributed by atoms with Gasteiger partial charge in [-0.1, -0.05) is 11.3 Å². The fraction of sp³-hybridized carbons (Fsp3) is 0.312. The standard InChI is InChI=1S/C16H17N5S2/c1-22-12-3-4-13-14(11-12)23-16(19-13)21-9-7-20(8-10-21)15-17-5-2-6-18-15/h2-6,11H,7-10H2,1H3. The fourth-order valence-corrected chi connectivity index (χ4v) is 4.28. The van der Waals surface area contributed by atoms with Gasteiger partial charge in [0.25, 0.3) is 0 Å². The lowest BCUT2D eigenvalue weighted by Gasteiger charge is -2.34. The Hall–Kier alpha value is -1.86. The third-order valence-electron chi connectivity index (χ3n) is 3.97. The third-order valence-corrected chi connectivity index (χ3v) is 5.77. The molecule has 1 aliphatic heterocycles. The van der Waals surface area contributed by atoms with E-state index < -0.39 is 0 Å². The molecule has 3 heterocycles. The van der Waals surface area contributed by atoms with Crippen molar-refractivity contribution in [1.29, 1.82) is 0 Å². The largest absolute Gasteiger partial charge is 0.345 e. The molecule has 1 saturated heterocycles. The van der Waals surface area contributed by atoms with Crippen molar-refractivity contribution in [2.45, 2.75) is 4.90 Å². The van der Waals surface area contributed by atoms with Gasteiger partial charge in [0.15, 0.2) is 5.13 Å². The Kier molecular flexibility index (Phi) is 4.05. The molecule has 5 nitrogen and oxygen atoms in total. The summed E-state index contributed by atoms with van der Waals surface area (Å²) in [4.78, 5) is 19.4. The van der Waals surface area contributed by atoms with Crippen LogP contribution >= 0.6 is 23.1 Å². The van der Waals surface area contributed by atoms with Crippen molar-refractivity contribution < 1.29 is 0 Å². The minimum atomic E-state index is 0.820. The number of rotatable bonds is 3. The number of thioether (sulfide) groups is 1. The van der Waals surface area contributed by atoms with Crippen LogP contribution in [0.15, 0.2) is 41.6 Å². The summed E-state index contributed by atoms with van der Waals surface area (Å²) in [5.41, 5.74) is 1.09. The van der Waals surface area contributed by atoms with Crippen molar-refractivity contribution in [3.8, 4) is 0 Å². The summed E-state index contributed by atoms with van der Waals surface area (Å²) in [6.07, 6.45) is 5.70. The zero-order valence-electron chi connectivity index (χ0n) is 12.8. The molecule has 1 aliphatic rings. The van der Waals surface area contributed by atoms with Crippen LogP contribution in [0.3, 0.4) is 0 Å². The molecule has 0 amide bonds. The SMILES string of the molecule is CSc1ccc2nc(N3CCN(c4ncccn4)CC3)sc2c1. The van der Waals surface area contributed by atoms with Gasteiger partial charge >= 0.3 is 0 Å². The molecule has 0 radical (unpaired) electrons. The molecule has 1 fully saturated rings. The number of aromatic nitrogens is 3. The quantitative estimate of drug-likeness (QED) is 0.681. The fourth-order valence-electron chi connectivity index (χ4n) is 2.71. The summed E-state index contributed by atoms with van der Waals surface area (Å²) in [7, 11) is 0. The van der Waals surface area contributed by atoms with E-state index in [1.807, 2.05) is 6.07 Å². The van der Waals surface area contributed by atoms with Gasteiger partial charge in [-0.25, -0.2) is 15.0 Å². The highest BCUT2D eigenvalue weighted by Crippen LogP contribution is 2.32. The number of benzene rings is 1. The molecular formula is C16H17N5S2. The molecule has 118 valence electrons. The summed E-state index contributed by atoms with van der Waals surface area (Å²) in [6.45, 7) is 3.76. The molecule has 0 spiro atoms. The van der Waals surface area contributed by atoms with Crippen LogP contribution in [0.2, 0.25) is 0 Å². The van der Waals surface area contributed by atoms with Gasteiger partial charge in [-0.3, -0.25) is 0 Å². The number of thiazole rings is 1. The highest BCUT2D eigenvalue weighted by atomic mass is 32.2. The predicted molar refractivity (Wildman–Crippen MR) is 97.9 cm³/mol. The number of nitrogens with zero attached hydrogens (tertiary/aromatic N) is 5. The first-order valence-corrected chi connectivity index (χ1v) is 9.59. The van der Waals surface area contributed by atoms with Crippen LogP contribution in [0.1, 0.15) is 0 Å². The monoisotopic (exact) mass is 343 g/mol. The van der Waals surface area contributed by atoms with Crippen LogP contribution in [0.25, 0.3) is 10.2 Å².